The SMILES string of the molecule is O=C1C(=O)N(C2CCCC2)CCN1CCc1cc(-c2ccccc2)on1. The molecule has 0 bridgehead atoms. The molecule has 26 heavy (non-hydrogen) atoms. The van der Waals surface area contributed by atoms with E-state index in [0.29, 0.717) is 31.8 Å². The predicted molar refractivity (Wildman–Crippen MR) is 96.2 cm³/mol. The largest absolute Gasteiger partial charge is 0.356 e. The zero-order valence-electron chi connectivity index (χ0n) is 14.8. The summed E-state index contributed by atoms with van der Waals surface area (Å²) in [4.78, 5) is 28.3. The monoisotopic (exact) mass is 353 g/mol. The van der Waals surface area contributed by atoms with Crippen molar-refractivity contribution in [3.8, 4) is 11.3 Å². The maximum atomic E-state index is 12.4. The molecule has 0 N–H and O–H groups in total. The molecule has 1 aliphatic heterocycles. The van der Waals surface area contributed by atoms with Gasteiger partial charge in [-0.05, 0) is 12.8 Å². The molecule has 1 aromatic carbocycles. The average molecular weight is 353 g/mol. The second-order valence-corrected chi connectivity index (χ2v) is 7.03. The minimum atomic E-state index is -0.380. The lowest BCUT2D eigenvalue weighted by atomic mass is 10.1. The van der Waals surface area contributed by atoms with Crippen molar-refractivity contribution in [2.45, 2.75) is 38.1 Å². The summed E-state index contributed by atoms with van der Waals surface area (Å²) in [7, 11) is 0. The lowest BCUT2D eigenvalue weighted by Crippen LogP contribution is -2.57. The number of aromatic nitrogens is 1. The number of nitrogens with zero attached hydrogens (tertiary/aromatic N) is 3. The average Bonchev–Trinajstić information content (AvgIpc) is 3.36. The van der Waals surface area contributed by atoms with Crippen LogP contribution in [0.2, 0.25) is 0 Å². The van der Waals surface area contributed by atoms with Crippen LogP contribution < -0.4 is 0 Å². The van der Waals surface area contributed by atoms with Crippen LogP contribution in [0.5, 0.6) is 0 Å². The van der Waals surface area contributed by atoms with Crippen LogP contribution in [0.1, 0.15) is 31.4 Å². The second-order valence-electron chi connectivity index (χ2n) is 7.03. The fraction of sp³-hybridized carbons (Fsp3) is 0.450. The molecule has 2 heterocycles. The summed E-state index contributed by atoms with van der Waals surface area (Å²) in [6.45, 7) is 1.73. The minimum absolute atomic E-state index is 0.262. The Kier molecular flexibility index (Phi) is 4.73. The highest BCUT2D eigenvalue weighted by molar-refractivity contribution is 6.35. The highest BCUT2D eigenvalue weighted by Gasteiger charge is 2.36. The van der Waals surface area contributed by atoms with Gasteiger partial charge in [0.05, 0.1) is 5.69 Å². The van der Waals surface area contributed by atoms with Gasteiger partial charge in [0.15, 0.2) is 5.76 Å². The molecule has 136 valence electrons. The van der Waals surface area contributed by atoms with Gasteiger partial charge in [-0.3, -0.25) is 9.59 Å². The second kappa shape index (κ2) is 7.32. The first kappa shape index (κ1) is 16.8. The number of amides is 2. The fourth-order valence-corrected chi connectivity index (χ4v) is 3.88. The molecule has 4 rings (SSSR count). The van der Waals surface area contributed by atoms with Gasteiger partial charge in [0, 0.05) is 43.7 Å². The van der Waals surface area contributed by atoms with Crippen molar-refractivity contribution in [3.05, 3.63) is 42.1 Å². The first-order valence-corrected chi connectivity index (χ1v) is 9.33. The van der Waals surface area contributed by atoms with E-state index in [4.69, 9.17) is 4.52 Å². The van der Waals surface area contributed by atoms with Crippen molar-refractivity contribution in [2.75, 3.05) is 19.6 Å². The van der Waals surface area contributed by atoms with Gasteiger partial charge >= 0.3 is 11.8 Å². The quantitative estimate of drug-likeness (QED) is 0.775. The number of rotatable bonds is 5. The fourth-order valence-electron chi connectivity index (χ4n) is 3.88. The van der Waals surface area contributed by atoms with Gasteiger partial charge in [-0.25, -0.2) is 0 Å². The molecule has 2 aromatic rings. The van der Waals surface area contributed by atoms with Crippen molar-refractivity contribution in [1.82, 2.24) is 15.0 Å². The van der Waals surface area contributed by atoms with Gasteiger partial charge in [-0.2, -0.15) is 0 Å². The van der Waals surface area contributed by atoms with Gasteiger partial charge in [0.2, 0.25) is 0 Å². The van der Waals surface area contributed by atoms with E-state index in [9.17, 15) is 9.59 Å². The van der Waals surface area contributed by atoms with Crippen molar-refractivity contribution in [1.29, 1.82) is 0 Å². The third-order valence-corrected chi connectivity index (χ3v) is 5.36. The molecule has 1 saturated carbocycles. The van der Waals surface area contributed by atoms with Crippen LogP contribution in [-0.2, 0) is 16.0 Å². The van der Waals surface area contributed by atoms with Gasteiger partial charge < -0.3 is 14.3 Å². The van der Waals surface area contributed by atoms with Gasteiger partial charge in [-0.1, -0.05) is 48.3 Å². The number of benzene rings is 1. The molecule has 2 aliphatic rings. The van der Waals surface area contributed by atoms with Crippen LogP contribution in [0, 0.1) is 0 Å². The smallest absolute Gasteiger partial charge is 0.312 e. The van der Waals surface area contributed by atoms with Crippen molar-refractivity contribution in [2.24, 2.45) is 0 Å². The summed E-state index contributed by atoms with van der Waals surface area (Å²) in [6, 6.07) is 11.9. The standard InChI is InChI=1S/C20H23N3O3/c24-19-20(25)23(17-8-4-5-9-17)13-12-22(19)11-10-16-14-18(26-21-16)15-6-2-1-3-7-15/h1-3,6-7,14,17H,4-5,8-13H2. The maximum absolute atomic E-state index is 12.4. The van der Waals surface area contributed by atoms with E-state index in [1.165, 1.54) is 0 Å². The zero-order valence-corrected chi connectivity index (χ0v) is 14.8. The lowest BCUT2D eigenvalue weighted by Gasteiger charge is -2.37. The third-order valence-electron chi connectivity index (χ3n) is 5.36. The van der Waals surface area contributed by atoms with E-state index in [1.807, 2.05) is 36.4 Å². The Hall–Kier alpha value is -2.63. The summed E-state index contributed by atoms with van der Waals surface area (Å²) in [6.07, 6.45) is 4.95. The number of piperazine rings is 1. The number of hydrogen-bond acceptors (Lipinski definition) is 4. The highest BCUT2D eigenvalue weighted by atomic mass is 16.5. The zero-order chi connectivity index (χ0) is 17.9. The van der Waals surface area contributed by atoms with Crippen LogP contribution in [0.3, 0.4) is 0 Å². The van der Waals surface area contributed by atoms with Gasteiger partial charge in [-0.15, -0.1) is 0 Å². The summed E-state index contributed by atoms with van der Waals surface area (Å²) >= 11 is 0. The molecular weight excluding hydrogens is 330 g/mol. The van der Waals surface area contributed by atoms with E-state index < -0.39 is 0 Å². The Morgan fingerprint density at radius 2 is 1.81 bits per heavy atom. The van der Waals surface area contributed by atoms with Gasteiger partial charge in [0.1, 0.15) is 0 Å². The molecule has 1 aromatic heterocycles. The third kappa shape index (κ3) is 3.36. The summed E-state index contributed by atoms with van der Waals surface area (Å²) in [5.41, 5.74) is 1.77. The molecule has 6 nitrogen and oxygen atoms in total. The molecule has 0 radical (unpaired) electrons. The van der Waals surface area contributed by atoms with E-state index in [0.717, 1.165) is 36.9 Å². The van der Waals surface area contributed by atoms with Crippen molar-refractivity contribution >= 4 is 11.8 Å². The lowest BCUT2D eigenvalue weighted by molar-refractivity contribution is -0.157. The first-order chi connectivity index (χ1) is 12.7. The minimum Gasteiger partial charge on any atom is -0.356 e. The Labute approximate surface area is 152 Å². The molecule has 2 amide bonds. The molecule has 0 spiro atoms. The topological polar surface area (TPSA) is 66.7 Å². The molecule has 6 heteroatoms. The molecular formula is C20H23N3O3. The number of carbonyl (C=O) groups is 2. The van der Waals surface area contributed by atoms with Crippen molar-refractivity contribution < 1.29 is 14.1 Å². The summed E-state index contributed by atoms with van der Waals surface area (Å²) < 4.78 is 5.39. The molecule has 1 aliphatic carbocycles. The van der Waals surface area contributed by atoms with Crippen LogP contribution in [-0.4, -0.2) is 52.4 Å². The normalized spacial score (nSPS) is 18.8. The number of hydrogen-bond donors (Lipinski definition) is 0. The Morgan fingerprint density at radius 3 is 2.58 bits per heavy atom. The summed E-state index contributed by atoms with van der Waals surface area (Å²) in [5.74, 6) is -0.00254. The van der Waals surface area contributed by atoms with E-state index in [-0.39, 0.29) is 17.9 Å². The Bertz CT molecular complexity index is 781. The van der Waals surface area contributed by atoms with Crippen LogP contribution in [0.15, 0.2) is 40.9 Å². The van der Waals surface area contributed by atoms with E-state index in [1.54, 1.807) is 9.80 Å². The Morgan fingerprint density at radius 1 is 1.04 bits per heavy atom. The van der Waals surface area contributed by atoms with Gasteiger partial charge in [0.25, 0.3) is 0 Å². The summed E-state index contributed by atoms with van der Waals surface area (Å²) in [5, 5.41) is 4.09. The highest BCUT2D eigenvalue weighted by Crippen LogP contribution is 2.25. The van der Waals surface area contributed by atoms with E-state index in [2.05, 4.69) is 5.16 Å². The molecule has 0 unspecified atom stereocenters. The number of carbonyl (C=O) groups excluding carboxylic acids is 2. The maximum Gasteiger partial charge on any atom is 0.312 e. The molecule has 2 fully saturated rings. The molecule has 0 atom stereocenters. The van der Waals surface area contributed by atoms with Crippen LogP contribution >= 0.6 is 0 Å². The van der Waals surface area contributed by atoms with E-state index >= 15 is 0 Å². The van der Waals surface area contributed by atoms with Crippen LogP contribution in [0.4, 0.5) is 0 Å². The predicted octanol–water partition coefficient (Wildman–Crippen LogP) is 2.50. The van der Waals surface area contributed by atoms with Crippen molar-refractivity contribution in [3.63, 3.8) is 0 Å². The molecule has 1 saturated heterocycles. The Balaban J connectivity index is 1.35. The first-order valence-electron chi connectivity index (χ1n) is 9.33. The van der Waals surface area contributed by atoms with Crippen LogP contribution in [0.25, 0.3) is 11.3 Å².